The van der Waals surface area contributed by atoms with Gasteiger partial charge < -0.3 is 13.9 Å². The lowest BCUT2D eigenvalue weighted by Crippen LogP contribution is -2.51. The lowest BCUT2D eigenvalue weighted by Gasteiger charge is -2.58. The summed E-state index contributed by atoms with van der Waals surface area (Å²) < 4.78 is 17.4. The predicted octanol–water partition coefficient (Wildman–Crippen LogP) is 10.8. The zero-order chi connectivity index (χ0) is 34.3. The third kappa shape index (κ3) is 6.64. The quantitative estimate of drug-likeness (QED) is 0.123. The molecule has 1 aromatic heterocycles. The van der Waals surface area contributed by atoms with Gasteiger partial charge in [0.2, 0.25) is 0 Å². The van der Waals surface area contributed by atoms with Gasteiger partial charge in [-0.25, -0.2) is 9.59 Å². The summed E-state index contributed by atoms with van der Waals surface area (Å²) in [6.07, 6.45) is 16.2. The molecule has 0 saturated heterocycles. The highest BCUT2D eigenvalue weighted by molar-refractivity contribution is 5.93. The molecule has 0 amide bonds. The van der Waals surface area contributed by atoms with Crippen LogP contribution in [-0.4, -0.2) is 18.7 Å². The molecule has 8 unspecified atom stereocenters. The maximum Gasteiger partial charge on any atom is 0.344 e. The summed E-state index contributed by atoms with van der Waals surface area (Å²) in [5, 5.41) is 0.816. The van der Waals surface area contributed by atoms with Gasteiger partial charge in [0.25, 0.3) is 0 Å². The number of hydrogen-bond donors (Lipinski definition) is 0. The lowest BCUT2D eigenvalue weighted by atomic mass is 9.47. The molecular weight excluding hydrogens is 608 g/mol. The average molecular weight is 665 g/mol. The molecular formula is C44H56O5. The molecule has 4 aliphatic carbocycles. The number of ether oxygens (including phenoxy) is 2. The van der Waals surface area contributed by atoms with E-state index in [9.17, 15) is 9.59 Å². The molecule has 3 fully saturated rings. The van der Waals surface area contributed by atoms with Gasteiger partial charge in [-0.05, 0) is 115 Å². The average Bonchev–Trinajstić information content (AvgIpc) is 3.44. The maximum absolute atomic E-state index is 13.0. The standard InChI is InChI=1S/C44H56O5/c1-28(2)10-9-11-29(3)37-18-19-38-35-16-14-31-24-33(20-22-43(31,4)39(35)21-23-44(37,38)5)48-42(46)27-47-32-15-17-34-36(30-12-7-6-8-13-30)26-41(45)49-40(34)25-32/h6-8,12-15,17,25-26,28-29,33,35,37-39H,9-11,16,18-24,27H2,1-5H3. The molecule has 4 aliphatic rings. The number of carbonyl (C=O) groups excluding carboxylic acids is 1. The summed E-state index contributed by atoms with van der Waals surface area (Å²) in [5.74, 6) is 5.02. The molecule has 0 bridgehead atoms. The largest absolute Gasteiger partial charge is 0.482 e. The molecule has 7 rings (SSSR count). The summed E-state index contributed by atoms with van der Waals surface area (Å²) >= 11 is 0. The second kappa shape index (κ2) is 13.8. The Morgan fingerprint density at radius 3 is 2.55 bits per heavy atom. The predicted molar refractivity (Wildman–Crippen MR) is 196 cm³/mol. The molecule has 2 aromatic carbocycles. The SMILES string of the molecule is CC(C)CCCC(C)C1CCC2C3CC=C4CC(OC(=O)COc5ccc6c(-c7ccccc7)cc(=O)oc6c5)CCC4(C)C3CCC12C. The van der Waals surface area contributed by atoms with Crippen LogP contribution in [0.5, 0.6) is 5.75 Å². The second-order valence-electron chi connectivity index (χ2n) is 16.9. The molecule has 5 heteroatoms. The van der Waals surface area contributed by atoms with Crippen molar-refractivity contribution in [3.63, 3.8) is 0 Å². The van der Waals surface area contributed by atoms with E-state index in [1.165, 1.54) is 63.0 Å². The second-order valence-corrected chi connectivity index (χ2v) is 16.9. The highest BCUT2D eigenvalue weighted by atomic mass is 16.6. The molecule has 3 aromatic rings. The smallest absolute Gasteiger partial charge is 0.344 e. The Morgan fingerprint density at radius 2 is 1.76 bits per heavy atom. The van der Waals surface area contributed by atoms with Crippen molar-refractivity contribution in [1.29, 1.82) is 0 Å². The van der Waals surface area contributed by atoms with Crippen molar-refractivity contribution in [2.45, 2.75) is 111 Å². The topological polar surface area (TPSA) is 65.7 Å². The van der Waals surface area contributed by atoms with Gasteiger partial charge in [0.15, 0.2) is 6.61 Å². The van der Waals surface area contributed by atoms with Crippen molar-refractivity contribution in [2.75, 3.05) is 6.61 Å². The third-order valence-corrected chi connectivity index (χ3v) is 13.7. The van der Waals surface area contributed by atoms with Crippen molar-refractivity contribution in [2.24, 2.45) is 46.3 Å². The number of rotatable bonds is 10. The van der Waals surface area contributed by atoms with E-state index in [1.54, 1.807) is 6.07 Å². The van der Waals surface area contributed by atoms with E-state index in [2.05, 4.69) is 40.7 Å². The first-order chi connectivity index (χ1) is 23.5. The van der Waals surface area contributed by atoms with Gasteiger partial charge in [0.1, 0.15) is 17.4 Å². The van der Waals surface area contributed by atoms with E-state index in [1.807, 2.05) is 42.5 Å². The summed E-state index contributed by atoms with van der Waals surface area (Å²) in [6.45, 7) is 12.3. The van der Waals surface area contributed by atoms with Gasteiger partial charge in [0.05, 0.1) is 0 Å². The maximum atomic E-state index is 13.0. The van der Waals surface area contributed by atoms with E-state index in [-0.39, 0.29) is 24.1 Å². The Kier molecular flexibility index (Phi) is 9.58. The molecule has 5 nitrogen and oxygen atoms in total. The van der Waals surface area contributed by atoms with Gasteiger partial charge in [-0.15, -0.1) is 0 Å². The van der Waals surface area contributed by atoms with Gasteiger partial charge in [0, 0.05) is 23.9 Å². The Hall–Kier alpha value is -3.34. The van der Waals surface area contributed by atoms with E-state index in [0.29, 0.717) is 16.7 Å². The first-order valence-electron chi connectivity index (χ1n) is 19.2. The van der Waals surface area contributed by atoms with Crippen LogP contribution in [0.25, 0.3) is 22.1 Å². The number of esters is 1. The van der Waals surface area contributed by atoms with Gasteiger partial charge in [-0.1, -0.05) is 95.9 Å². The summed E-state index contributed by atoms with van der Waals surface area (Å²) in [6, 6.07) is 16.7. The first kappa shape index (κ1) is 34.1. The molecule has 0 spiro atoms. The summed E-state index contributed by atoms with van der Waals surface area (Å²) in [7, 11) is 0. The zero-order valence-electron chi connectivity index (χ0n) is 30.3. The highest BCUT2D eigenvalue weighted by Crippen LogP contribution is 2.67. The van der Waals surface area contributed by atoms with Crippen molar-refractivity contribution in [3.05, 3.63) is 76.7 Å². The summed E-state index contributed by atoms with van der Waals surface area (Å²) in [4.78, 5) is 25.4. The van der Waals surface area contributed by atoms with Crippen molar-refractivity contribution in [1.82, 2.24) is 0 Å². The first-order valence-corrected chi connectivity index (χ1v) is 19.2. The van der Waals surface area contributed by atoms with Crippen LogP contribution in [0.4, 0.5) is 0 Å². The van der Waals surface area contributed by atoms with Crippen LogP contribution in [0.2, 0.25) is 0 Å². The van der Waals surface area contributed by atoms with Crippen molar-refractivity contribution in [3.8, 4) is 16.9 Å². The van der Waals surface area contributed by atoms with Crippen LogP contribution < -0.4 is 10.4 Å². The van der Waals surface area contributed by atoms with Crippen LogP contribution in [0.3, 0.4) is 0 Å². The molecule has 0 aliphatic heterocycles. The fourth-order valence-electron chi connectivity index (χ4n) is 11.2. The van der Waals surface area contributed by atoms with Crippen molar-refractivity contribution >= 4 is 16.9 Å². The number of allylic oxidation sites excluding steroid dienone is 1. The molecule has 0 radical (unpaired) electrons. The molecule has 8 atom stereocenters. The Bertz CT molecular complexity index is 1740. The molecule has 0 N–H and O–H groups in total. The van der Waals surface area contributed by atoms with E-state index in [4.69, 9.17) is 13.9 Å². The van der Waals surface area contributed by atoms with E-state index >= 15 is 0 Å². The molecule has 1 heterocycles. The molecule has 49 heavy (non-hydrogen) atoms. The fraction of sp³-hybridized carbons (Fsp3) is 0.591. The lowest BCUT2D eigenvalue weighted by molar-refractivity contribution is -0.153. The Balaban J connectivity index is 0.959. The minimum atomic E-state index is -0.424. The third-order valence-electron chi connectivity index (χ3n) is 13.7. The Labute approximate surface area is 292 Å². The van der Waals surface area contributed by atoms with Crippen LogP contribution in [0.1, 0.15) is 105 Å². The monoisotopic (exact) mass is 664 g/mol. The zero-order valence-corrected chi connectivity index (χ0v) is 30.3. The van der Waals surface area contributed by atoms with E-state index < -0.39 is 5.63 Å². The van der Waals surface area contributed by atoms with Crippen LogP contribution in [0.15, 0.2) is 75.5 Å². The van der Waals surface area contributed by atoms with Crippen molar-refractivity contribution < 1.29 is 18.7 Å². The molecule has 3 saturated carbocycles. The molecule has 262 valence electrons. The van der Waals surface area contributed by atoms with Gasteiger partial charge in [-0.3, -0.25) is 0 Å². The number of carbonyl (C=O) groups is 1. The Morgan fingerprint density at radius 1 is 0.939 bits per heavy atom. The minimum Gasteiger partial charge on any atom is -0.482 e. The number of hydrogen-bond acceptors (Lipinski definition) is 5. The van der Waals surface area contributed by atoms with Gasteiger partial charge >= 0.3 is 11.6 Å². The normalized spacial score (nSPS) is 31.4. The van der Waals surface area contributed by atoms with E-state index in [0.717, 1.165) is 71.3 Å². The van der Waals surface area contributed by atoms with Crippen LogP contribution >= 0.6 is 0 Å². The highest BCUT2D eigenvalue weighted by Gasteiger charge is 2.59. The minimum absolute atomic E-state index is 0.105. The van der Waals surface area contributed by atoms with Gasteiger partial charge in [-0.2, -0.15) is 0 Å². The summed E-state index contributed by atoms with van der Waals surface area (Å²) in [5.41, 5.74) is 3.99. The van der Waals surface area contributed by atoms with Crippen LogP contribution in [0, 0.1) is 46.3 Å². The number of fused-ring (bicyclic) bond motifs is 6. The number of benzene rings is 2. The fourth-order valence-corrected chi connectivity index (χ4v) is 11.2. The van der Waals surface area contributed by atoms with Crippen LogP contribution in [-0.2, 0) is 9.53 Å².